The van der Waals surface area contributed by atoms with Crippen molar-refractivity contribution in [1.82, 2.24) is 20.3 Å². The number of fused-ring (bicyclic) bond motifs is 2. The van der Waals surface area contributed by atoms with Gasteiger partial charge in [0.05, 0.1) is 12.7 Å². The summed E-state index contributed by atoms with van der Waals surface area (Å²) >= 11 is 0. The second kappa shape index (κ2) is 5.08. The third kappa shape index (κ3) is 2.54. The van der Waals surface area contributed by atoms with Crippen LogP contribution in [-0.2, 0) is 11.3 Å². The molecule has 2 bridgehead atoms. The molecule has 0 saturated heterocycles. The predicted octanol–water partition coefficient (Wildman–Crippen LogP) is 1.22. The van der Waals surface area contributed by atoms with Gasteiger partial charge in [0.2, 0.25) is 5.91 Å². The van der Waals surface area contributed by atoms with Crippen LogP contribution in [0.3, 0.4) is 0 Å². The monoisotopic (exact) mass is 248 g/mol. The van der Waals surface area contributed by atoms with Crippen molar-refractivity contribution in [3.63, 3.8) is 0 Å². The topological polar surface area (TPSA) is 59.8 Å². The fourth-order valence-electron chi connectivity index (χ4n) is 3.60. The van der Waals surface area contributed by atoms with Crippen LogP contribution in [0.25, 0.3) is 0 Å². The summed E-state index contributed by atoms with van der Waals surface area (Å²) in [5.74, 6) is 2.60. The van der Waals surface area contributed by atoms with Gasteiger partial charge in [0.1, 0.15) is 0 Å². The molecule has 5 nitrogen and oxygen atoms in total. The zero-order chi connectivity index (χ0) is 12.4. The molecule has 18 heavy (non-hydrogen) atoms. The van der Waals surface area contributed by atoms with Crippen LogP contribution in [0.4, 0.5) is 0 Å². The molecule has 1 heterocycles. The molecule has 1 aromatic rings. The molecule has 2 fully saturated rings. The van der Waals surface area contributed by atoms with Crippen molar-refractivity contribution in [2.75, 3.05) is 6.54 Å². The Morgan fingerprint density at radius 1 is 1.39 bits per heavy atom. The third-order valence-electron chi connectivity index (χ3n) is 4.47. The predicted molar refractivity (Wildman–Crippen MR) is 66.6 cm³/mol. The van der Waals surface area contributed by atoms with E-state index in [1.54, 1.807) is 10.9 Å². The first-order valence-corrected chi connectivity index (χ1v) is 6.92. The van der Waals surface area contributed by atoms with Crippen molar-refractivity contribution in [1.29, 1.82) is 0 Å². The van der Waals surface area contributed by atoms with Crippen LogP contribution in [0.5, 0.6) is 0 Å². The number of hydrogen-bond donors (Lipinski definition) is 1. The number of carbonyl (C=O) groups is 1. The van der Waals surface area contributed by atoms with Crippen LogP contribution in [0.15, 0.2) is 12.4 Å². The van der Waals surface area contributed by atoms with Gasteiger partial charge in [0.25, 0.3) is 0 Å². The van der Waals surface area contributed by atoms with Crippen LogP contribution in [-0.4, -0.2) is 27.4 Å². The Morgan fingerprint density at radius 3 is 3.00 bits per heavy atom. The van der Waals surface area contributed by atoms with Gasteiger partial charge in [-0.3, -0.25) is 9.48 Å². The highest BCUT2D eigenvalue weighted by atomic mass is 16.1. The number of hydrogen-bond acceptors (Lipinski definition) is 3. The van der Waals surface area contributed by atoms with Crippen molar-refractivity contribution in [3.05, 3.63) is 12.4 Å². The van der Waals surface area contributed by atoms with Gasteiger partial charge in [-0.1, -0.05) is 11.6 Å². The molecule has 1 N–H and O–H groups in total. The third-order valence-corrected chi connectivity index (χ3v) is 4.47. The highest BCUT2D eigenvalue weighted by molar-refractivity contribution is 5.76. The van der Waals surface area contributed by atoms with Crippen molar-refractivity contribution in [2.24, 2.45) is 17.8 Å². The Balaban J connectivity index is 1.37. The van der Waals surface area contributed by atoms with E-state index in [-0.39, 0.29) is 5.91 Å². The molecule has 98 valence electrons. The van der Waals surface area contributed by atoms with Gasteiger partial charge < -0.3 is 5.32 Å². The molecule has 2 aliphatic carbocycles. The zero-order valence-corrected chi connectivity index (χ0v) is 10.6. The second-order valence-electron chi connectivity index (χ2n) is 5.66. The lowest BCUT2D eigenvalue weighted by Gasteiger charge is -2.20. The van der Waals surface area contributed by atoms with Gasteiger partial charge in [-0.05, 0) is 37.0 Å². The first-order chi connectivity index (χ1) is 8.81. The van der Waals surface area contributed by atoms with E-state index in [9.17, 15) is 4.79 Å². The molecule has 2 aliphatic rings. The maximum atomic E-state index is 11.8. The van der Waals surface area contributed by atoms with Crippen LogP contribution >= 0.6 is 0 Å². The summed E-state index contributed by atoms with van der Waals surface area (Å²) in [6.07, 6.45) is 9.58. The first kappa shape index (κ1) is 11.7. The Labute approximate surface area is 107 Å². The van der Waals surface area contributed by atoms with E-state index in [0.717, 1.165) is 18.3 Å². The van der Waals surface area contributed by atoms with Crippen LogP contribution in [0.2, 0.25) is 0 Å². The molecule has 3 rings (SSSR count). The Hall–Kier alpha value is -1.39. The standard InChI is InChI=1S/C13H20N4O/c18-13(14-3-5-17-6-4-15-16-17)9-12-8-10-1-2-11(12)7-10/h4,6,10-12H,1-3,5,7-9H2,(H,14,18). The zero-order valence-electron chi connectivity index (χ0n) is 10.6. The molecule has 0 aromatic carbocycles. The minimum Gasteiger partial charge on any atom is -0.354 e. The van der Waals surface area contributed by atoms with Gasteiger partial charge in [0.15, 0.2) is 0 Å². The highest BCUT2D eigenvalue weighted by Gasteiger charge is 2.39. The number of nitrogens with one attached hydrogen (secondary N) is 1. The van der Waals surface area contributed by atoms with Gasteiger partial charge in [0, 0.05) is 19.2 Å². The van der Waals surface area contributed by atoms with Crippen LogP contribution in [0.1, 0.15) is 32.1 Å². The van der Waals surface area contributed by atoms with E-state index in [4.69, 9.17) is 0 Å². The number of carbonyl (C=O) groups excluding carboxylic acids is 1. The molecular weight excluding hydrogens is 228 g/mol. The first-order valence-electron chi connectivity index (χ1n) is 6.92. The van der Waals surface area contributed by atoms with Crippen molar-refractivity contribution in [3.8, 4) is 0 Å². The van der Waals surface area contributed by atoms with E-state index in [1.807, 2.05) is 6.20 Å². The molecule has 0 spiro atoms. The quantitative estimate of drug-likeness (QED) is 0.852. The molecule has 1 aromatic heterocycles. The lowest BCUT2D eigenvalue weighted by Crippen LogP contribution is -2.30. The molecular formula is C13H20N4O. The lowest BCUT2D eigenvalue weighted by molar-refractivity contribution is -0.122. The van der Waals surface area contributed by atoms with Gasteiger partial charge in [-0.25, -0.2) is 0 Å². The van der Waals surface area contributed by atoms with E-state index in [1.165, 1.54) is 25.7 Å². The molecule has 3 unspecified atom stereocenters. The van der Waals surface area contributed by atoms with E-state index < -0.39 is 0 Å². The molecule has 0 radical (unpaired) electrons. The summed E-state index contributed by atoms with van der Waals surface area (Å²) in [5, 5.41) is 10.6. The summed E-state index contributed by atoms with van der Waals surface area (Å²) in [6, 6.07) is 0. The summed E-state index contributed by atoms with van der Waals surface area (Å²) in [4.78, 5) is 11.8. The maximum absolute atomic E-state index is 11.8. The molecule has 2 saturated carbocycles. The minimum atomic E-state index is 0.202. The number of aromatic nitrogens is 3. The fourth-order valence-corrected chi connectivity index (χ4v) is 3.60. The Morgan fingerprint density at radius 2 is 2.33 bits per heavy atom. The lowest BCUT2D eigenvalue weighted by atomic mass is 9.86. The summed E-state index contributed by atoms with van der Waals surface area (Å²) in [6.45, 7) is 1.34. The van der Waals surface area contributed by atoms with Crippen molar-refractivity contribution >= 4 is 5.91 Å². The molecule has 5 heteroatoms. The number of nitrogens with zero attached hydrogens (tertiary/aromatic N) is 3. The molecule has 1 amide bonds. The van der Waals surface area contributed by atoms with Gasteiger partial charge in [-0.15, -0.1) is 5.10 Å². The SMILES string of the molecule is O=C(CC1CC2CCC1C2)NCCn1ccnn1. The summed E-state index contributed by atoms with van der Waals surface area (Å²) in [7, 11) is 0. The van der Waals surface area contributed by atoms with E-state index in [2.05, 4.69) is 15.6 Å². The molecule has 0 aliphatic heterocycles. The van der Waals surface area contributed by atoms with Crippen LogP contribution < -0.4 is 5.32 Å². The average Bonchev–Trinajstić information content (AvgIpc) is 3.04. The summed E-state index contributed by atoms with van der Waals surface area (Å²) in [5.41, 5.74) is 0. The maximum Gasteiger partial charge on any atom is 0.220 e. The Kier molecular flexibility index (Phi) is 3.30. The van der Waals surface area contributed by atoms with Crippen LogP contribution in [0, 0.1) is 17.8 Å². The van der Waals surface area contributed by atoms with Crippen molar-refractivity contribution < 1.29 is 4.79 Å². The second-order valence-corrected chi connectivity index (χ2v) is 5.66. The average molecular weight is 248 g/mol. The van der Waals surface area contributed by atoms with Gasteiger partial charge in [-0.2, -0.15) is 0 Å². The fraction of sp³-hybridized carbons (Fsp3) is 0.769. The highest BCUT2D eigenvalue weighted by Crippen LogP contribution is 2.49. The van der Waals surface area contributed by atoms with E-state index in [0.29, 0.717) is 19.0 Å². The minimum absolute atomic E-state index is 0.202. The Bertz CT molecular complexity index is 403. The number of amides is 1. The molecule has 3 atom stereocenters. The smallest absolute Gasteiger partial charge is 0.220 e. The van der Waals surface area contributed by atoms with E-state index >= 15 is 0 Å². The summed E-state index contributed by atoms with van der Waals surface area (Å²) < 4.78 is 1.73. The van der Waals surface area contributed by atoms with Gasteiger partial charge >= 0.3 is 0 Å². The van der Waals surface area contributed by atoms with Crippen molar-refractivity contribution in [2.45, 2.75) is 38.6 Å². The number of rotatable bonds is 5. The normalized spacial score (nSPS) is 29.7. The largest absolute Gasteiger partial charge is 0.354 e.